The van der Waals surface area contributed by atoms with Crippen LogP contribution in [-0.4, -0.2) is 23.1 Å². The molecule has 0 radical (unpaired) electrons. The van der Waals surface area contributed by atoms with Gasteiger partial charge in [-0.2, -0.15) is 4.98 Å². The first-order chi connectivity index (χ1) is 10.1. The van der Waals surface area contributed by atoms with Gasteiger partial charge in [-0.1, -0.05) is 17.3 Å². The number of nitrogens with zero attached hydrogens (tertiary/aromatic N) is 2. The number of carbonyl (C=O) groups excluding carboxylic acids is 1. The molecule has 1 aromatic carbocycles. The molecule has 1 N–H and O–H groups in total. The number of rotatable bonds is 6. The Kier molecular flexibility index (Phi) is 5.32. The summed E-state index contributed by atoms with van der Waals surface area (Å²) >= 11 is 1.57. The van der Waals surface area contributed by atoms with Crippen LogP contribution < -0.4 is 5.32 Å². The average Bonchev–Trinajstić information content (AvgIpc) is 2.92. The Morgan fingerprint density at radius 3 is 3.05 bits per heavy atom. The van der Waals surface area contributed by atoms with Crippen molar-refractivity contribution in [1.29, 1.82) is 0 Å². The first-order valence-electron chi connectivity index (χ1n) is 6.47. The number of nitrogens with one attached hydrogen (secondary N) is 1. The van der Waals surface area contributed by atoms with E-state index in [1.807, 2.05) is 13.0 Å². The maximum Gasteiger partial charge on any atom is 0.236 e. The van der Waals surface area contributed by atoms with Crippen LogP contribution in [0.3, 0.4) is 0 Å². The number of amides is 1. The van der Waals surface area contributed by atoms with E-state index in [2.05, 4.69) is 15.5 Å². The lowest BCUT2D eigenvalue weighted by atomic mass is 10.2. The number of benzene rings is 1. The summed E-state index contributed by atoms with van der Waals surface area (Å²) in [4.78, 5) is 15.3. The predicted octanol–water partition coefficient (Wildman–Crippen LogP) is 2.49. The first kappa shape index (κ1) is 15.5. The van der Waals surface area contributed by atoms with E-state index in [1.165, 1.54) is 12.1 Å². The fourth-order valence-electron chi connectivity index (χ4n) is 1.70. The van der Waals surface area contributed by atoms with Crippen LogP contribution in [0.4, 0.5) is 4.39 Å². The summed E-state index contributed by atoms with van der Waals surface area (Å²) in [5, 5.41) is 6.35. The molecule has 0 saturated heterocycles. The van der Waals surface area contributed by atoms with Gasteiger partial charge in [-0.05, 0) is 24.6 Å². The monoisotopic (exact) mass is 309 g/mol. The van der Waals surface area contributed by atoms with Crippen molar-refractivity contribution < 1.29 is 13.7 Å². The molecule has 2 aromatic rings. The van der Waals surface area contributed by atoms with Gasteiger partial charge in [0.25, 0.3) is 0 Å². The lowest BCUT2D eigenvalue weighted by Crippen LogP contribution is -2.20. The van der Waals surface area contributed by atoms with E-state index in [0.717, 1.165) is 5.56 Å². The van der Waals surface area contributed by atoms with Crippen molar-refractivity contribution in [2.75, 3.05) is 7.05 Å². The molecular weight excluding hydrogens is 293 g/mol. The Morgan fingerprint density at radius 1 is 1.52 bits per heavy atom. The van der Waals surface area contributed by atoms with Crippen molar-refractivity contribution in [2.45, 2.75) is 24.3 Å². The van der Waals surface area contributed by atoms with Crippen molar-refractivity contribution in [3.8, 4) is 0 Å². The molecule has 1 aromatic heterocycles. The Bertz CT molecular complexity index is 618. The van der Waals surface area contributed by atoms with Gasteiger partial charge in [0.2, 0.25) is 11.8 Å². The highest BCUT2D eigenvalue weighted by atomic mass is 32.2. The van der Waals surface area contributed by atoms with Gasteiger partial charge < -0.3 is 9.84 Å². The molecule has 0 aliphatic carbocycles. The highest BCUT2D eigenvalue weighted by molar-refractivity contribution is 7.98. The van der Waals surface area contributed by atoms with Gasteiger partial charge in [0.05, 0.1) is 12.2 Å². The third-order valence-corrected chi connectivity index (χ3v) is 4.07. The van der Waals surface area contributed by atoms with E-state index < -0.39 is 0 Å². The molecule has 1 atom stereocenters. The summed E-state index contributed by atoms with van der Waals surface area (Å²) in [7, 11) is 1.56. The van der Waals surface area contributed by atoms with Crippen molar-refractivity contribution in [3.05, 3.63) is 47.4 Å². The van der Waals surface area contributed by atoms with Crippen LogP contribution in [0.1, 0.15) is 29.5 Å². The summed E-state index contributed by atoms with van der Waals surface area (Å²) in [6.45, 7) is 1.99. The number of likely N-dealkylation sites (N-methyl/N-ethyl adjacent to an activating group) is 1. The molecule has 0 saturated carbocycles. The second-order valence-corrected chi connectivity index (χ2v) is 5.79. The number of thioether (sulfide) groups is 1. The molecule has 112 valence electrons. The van der Waals surface area contributed by atoms with E-state index in [9.17, 15) is 9.18 Å². The maximum absolute atomic E-state index is 13.2. The lowest BCUT2D eigenvalue weighted by molar-refractivity contribution is -0.120. The van der Waals surface area contributed by atoms with Crippen LogP contribution in [0.25, 0.3) is 0 Å². The normalized spacial score (nSPS) is 12.1. The number of hydrogen-bond acceptors (Lipinski definition) is 5. The van der Waals surface area contributed by atoms with Crippen LogP contribution in [0.15, 0.2) is 28.8 Å². The summed E-state index contributed by atoms with van der Waals surface area (Å²) in [5.41, 5.74) is 0.907. The molecule has 7 heteroatoms. The van der Waals surface area contributed by atoms with Crippen LogP contribution in [0, 0.1) is 5.82 Å². The number of hydrogen-bond donors (Lipinski definition) is 1. The zero-order chi connectivity index (χ0) is 15.2. The van der Waals surface area contributed by atoms with Crippen LogP contribution in [0.2, 0.25) is 0 Å². The van der Waals surface area contributed by atoms with Crippen LogP contribution in [-0.2, 0) is 17.0 Å². The Morgan fingerprint density at radius 2 is 2.33 bits per heavy atom. The third-order valence-electron chi connectivity index (χ3n) is 2.88. The molecule has 21 heavy (non-hydrogen) atoms. The van der Waals surface area contributed by atoms with Gasteiger partial charge >= 0.3 is 0 Å². The van der Waals surface area contributed by atoms with Crippen molar-refractivity contribution in [2.24, 2.45) is 0 Å². The van der Waals surface area contributed by atoms with Gasteiger partial charge in [0.15, 0.2) is 5.82 Å². The SMILES string of the molecule is CNC(=O)Cc1noc(CS[C@@H](C)c2cccc(F)c2)n1. The third kappa shape index (κ3) is 4.56. The van der Waals surface area contributed by atoms with Crippen LogP contribution in [0.5, 0.6) is 0 Å². The van der Waals surface area contributed by atoms with Gasteiger partial charge in [-0.3, -0.25) is 4.79 Å². The Balaban J connectivity index is 1.89. The second-order valence-electron chi connectivity index (χ2n) is 4.46. The zero-order valence-corrected chi connectivity index (χ0v) is 12.6. The van der Waals surface area contributed by atoms with E-state index >= 15 is 0 Å². The van der Waals surface area contributed by atoms with Crippen LogP contribution >= 0.6 is 11.8 Å². The van der Waals surface area contributed by atoms with Gasteiger partial charge in [0, 0.05) is 12.3 Å². The standard InChI is InChI=1S/C14H16FN3O2S/c1-9(10-4-3-5-11(15)6-10)21-8-14-17-12(18-20-14)7-13(19)16-2/h3-6,9H,7-8H2,1-2H3,(H,16,19)/t9-/m0/s1. The van der Waals surface area contributed by atoms with E-state index in [4.69, 9.17) is 4.52 Å². The summed E-state index contributed by atoms with van der Waals surface area (Å²) < 4.78 is 18.2. The van der Waals surface area contributed by atoms with Crippen molar-refractivity contribution in [3.63, 3.8) is 0 Å². The predicted molar refractivity (Wildman–Crippen MR) is 78.2 cm³/mol. The summed E-state index contributed by atoms with van der Waals surface area (Å²) in [6, 6.07) is 6.51. The van der Waals surface area contributed by atoms with E-state index in [-0.39, 0.29) is 23.4 Å². The largest absolute Gasteiger partial charge is 0.359 e. The molecule has 0 fully saturated rings. The summed E-state index contributed by atoms with van der Waals surface area (Å²) in [5.74, 6) is 0.928. The van der Waals surface area contributed by atoms with Gasteiger partial charge in [-0.15, -0.1) is 11.8 Å². The molecule has 0 aliphatic rings. The molecule has 0 spiro atoms. The molecule has 5 nitrogen and oxygen atoms in total. The van der Waals surface area contributed by atoms with Crippen molar-refractivity contribution in [1.82, 2.24) is 15.5 Å². The maximum atomic E-state index is 13.2. The number of carbonyl (C=O) groups is 1. The minimum atomic E-state index is -0.245. The average molecular weight is 309 g/mol. The minimum Gasteiger partial charge on any atom is -0.359 e. The molecule has 0 bridgehead atoms. The highest BCUT2D eigenvalue weighted by Crippen LogP contribution is 2.30. The molecular formula is C14H16FN3O2S. The fourth-order valence-corrected chi connectivity index (χ4v) is 2.55. The smallest absolute Gasteiger partial charge is 0.236 e. The van der Waals surface area contributed by atoms with Crippen molar-refractivity contribution >= 4 is 17.7 Å². The minimum absolute atomic E-state index is 0.101. The second kappa shape index (κ2) is 7.21. The quantitative estimate of drug-likeness (QED) is 0.888. The lowest BCUT2D eigenvalue weighted by Gasteiger charge is -2.09. The van der Waals surface area contributed by atoms with E-state index in [0.29, 0.717) is 17.5 Å². The Labute approximate surface area is 126 Å². The fraction of sp³-hybridized carbons (Fsp3) is 0.357. The number of halogens is 1. The first-order valence-corrected chi connectivity index (χ1v) is 7.52. The topological polar surface area (TPSA) is 68.0 Å². The highest BCUT2D eigenvalue weighted by Gasteiger charge is 2.12. The summed E-state index contributed by atoms with van der Waals surface area (Å²) in [6.07, 6.45) is 0.101. The molecule has 1 heterocycles. The Hall–Kier alpha value is -1.89. The molecule has 0 aliphatic heterocycles. The number of aromatic nitrogens is 2. The molecule has 0 unspecified atom stereocenters. The van der Waals surface area contributed by atoms with Gasteiger partial charge in [0.1, 0.15) is 5.82 Å². The molecule has 1 amide bonds. The molecule has 2 rings (SSSR count). The zero-order valence-electron chi connectivity index (χ0n) is 11.8. The van der Waals surface area contributed by atoms with Gasteiger partial charge in [-0.25, -0.2) is 4.39 Å². The van der Waals surface area contributed by atoms with E-state index in [1.54, 1.807) is 24.9 Å².